The van der Waals surface area contributed by atoms with Crippen molar-refractivity contribution in [2.75, 3.05) is 4.81 Å². The van der Waals surface area contributed by atoms with Crippen LogP contribution in [0, 0.1) is 0 Å². The molecule has 0 radical (unpaired) electrons. The highest BCUT2D eigenvalue weighted by atomic mass is 32.1. The molecule has 5 heteroatoms. The normalized spacial score (nSPS) is 14.4. The van der Waals surface area contributed by atoms with Gasteiger partial charge in [-0.05, 0) is 132 Å². The summed E-state index contributed by atoms with van der Waals surface area (Å²) in [6.45, 7) is 18.7. The Morgan fingerprint density at radius 3 is 1.89 bits per heavy atom. The van der Waals surface area contributed by atoms with Crippen molar-refractivity contribution in [3.63, 3.8) is 0 Å². The SMILES string of the molecule is CC(C)(C)c1ccc(N2B3c4cc5sc(-c6ccccc6)c(-c6ccccc6)c5cc4-n4c5cc6c(cc5c5ccc(c3c54)-c3cc4c(cc32)sc2ccc(C(C)(C)C)cc24)C(C)(C)c2ccccc2-6)cc1. The molecule has 72 heavy (non-hydrogen) atoms. The zero-order valence-corrected chi connectivity index (χ0v) is 43.7. The Balaban J connectivity index is 1.10. The monoisotopic (exact) mass is 960 g/mol. The Morgan fingerprint density at radius 2 is 1.14 bits per heavy atom. The van der Waals surface area contributed by atoms with Gasteiger partial charge in [-0.2, -0.15) is 0 Å². The van der Waals surface area contributed by atoms with E-state index in [4.69, 9.17) is 0 Å². The van der Waals surface area contributed by atoms with Gasteiger partial charge in [-0.15, -0.1) is 22.7 Å². The van der Waals surface area contributed by atoms with Crippen LogP contribution in [0.25, 0.3) is 102 Å². The van der Waals surface area contributed by atoms with Crippen LogP contribution in [0.15, 0.2) is 176 Å². The summed E-state index contributed by atoms with van der Waals surface area (Å²) in [6, 6.07) is 68.3. The van der Waals surface area contributed by atoms with Crippen molar-refractivity contribution in [2.24, 2.45) is 0 Å². The molecule has 3 aromatic heterocycles. The molecule has 2 nitrogen and oxygen atoms in total. The Kier molecular flexibility index (Phi) is 8.56. The summed E-state index contributed by atoms with van der Waals surface area (Å²) in [5, 5.41) is 6.62. The first-order chi connectivity index (χ1) is 34.7. The van der Waals surface area contributed by atoms with E-state index >= 15 is 0 Å². The van der Waals surface area contributed by atoms with Gasteiger partial charge in [0.25, 0.3) is 0 Å². The van der Waals surface area contributed by atoms with Crippen molar-refractivity contribution in [2.45, 2.75) is 71.6 Å². The van der Waals surface area contributed by atoms with Crippen LogP contribution >= 0.6 is 22.7 Å². The van der Waals surface area contributed by atoms with Crippen molar-refractivity contribution < 1.29 is 0 Å². The number of nitrogens with zero attached hydrogens (tertiary/aromatic N) is 2. The minimum atomic E-state index is -0.124. The lowest BCUT2D eigenvalue weighted by Gasteiger charge is -2.42. The molecular weight excluding hydrogens is 908 g/mol. The van der Waals surface area contributed by atoms with Crippen molar-refractivity contribution in [1.82, 2.24) is 4.57 Å². The number of hydrogen-bond donors (Lipinski definition) is 0. The second-order valence-corrected chi connectivity index (χ2v) is 25.4. The molecule has 0 spiro atoms. The number of fused-ring (bicyclic) bond motifs is 15. The minimum Gasteiger partial charge on any atom is -0.376 e. The fourth-order valence-electron chi connectivity index (χ4n) is 13.0. The Labute approximate surface area is 429 Å². The Morgan fingerprint density at radius 1 is 0.458 bits per heavy atom. The molecule has 0 saturated heterocycles. The molecular formula is C67H53BN2S2. The number of benzene rings is 9. The molecule has 12 aromatic rings. The third-order valence-electron chi connectivity index (χ3n) is 16.7. The predicted molar refractivity (Wildman–Crippen MR) is 314 cm³/mol. The van der Waals surface area contributed by atoms with E-state index in [1.54, 1.807) is 0 Å². The third-order valence-corrected chi connectivity index (χ3v) is 19.0. The van der Waals surface area contributed by atoms with E-state index in [-0.39, 0.29) is 23.1 Å². The van der Waals surface area contributed by atoms with Gasteiger partial charge in [0.05, 0.1) is 11.0 Å². The summed E-state index contributed by atoms with van der Waals surface area (Å²) in [4.78, 5) is 4.03. The van der Waals surface area contributed by atoms with Gasteiger partial charge in [-0.1, -0.05) is 171 Å². The predicted octanol–water partition coefficient (Wildman–Crippen LogP) is 17.8. The average molecular weight is 961 g/mol. The standard InChI is InChI=1S/C67H53BN2S2/c1-65(2,3)40-23-26-42(27-24-40)70-56-37-60-50(49-31-41(66(4,5)6)25-30-58(49)71-60)32-47(56)44-28-29-45-48-33-53-46(43-21-15-16-22-52(43)67(53,7)8)34-55(48)69-57-35-51-59(36-54(57)68(70)62(44)63(45)69)72-64(39-19-13-10-14-20-39)61(51)38-17-11-9-12-18-38/h9-37H,1-8H3. The molecule has 0 unspecified atom stereocenters. The topological polar surface area (TPSA) is 8.17 Å². The molecule has 1 aliphatic carbocycles. The smallest absolute Gasteiger partial charge is 0.333 e. The molecule has 346 valence electrons. The first kappa shape index (κ1) is 42.5. The lowest BCUT2D eigenvalue weighted by molar-refractivity contribution is 0.590. The summed E-state index contributed by atoms with van der Waals surface area (Å²) in [7, 11) is 0. The molecule has 0 atom stereocenters. The lowest BCUT2D eigenvalue weighted by Crippen LogP contribution is -2.60. The van der Waals surface area contributed by atoms with E-state index < -0.39 is 0 Å². The Hall–Kier alpha value is -7.18. The van der Waals surface area contributed by atoms with Gasteiger partial charge < -0.3 is 9.38 Å². The summed E-state index contributed by atoms with van der Waals surface area (Å²) >= 11 is 3.86. The maximum atomic E-state index is 2.73. The van der Waals surface area contributed by atoms with Crippen molar-refractivity contribution in [3.8, 4) is 49.5 Å². The Bertz CT molecular complexity index is 4310. The molecule has 0 fully saturated rings. The second-order valence-electron chi connectivity index (χ2n) is 23.3. The maximum absolute atomic E-state index is 2.73. The zero-order chi connectivity index (χ0) is 48.7. The number of thiophene rings is 2. The third kappa shape index (κ3) is 5.78. The van der Waals surface area contributed by atoms with Crippen LogP contribution in [-0.2, 0) is 16.2 Å². The van der Waals surface area contributed by atoms with Crippen LogP contribution < -0.4 is 15.7 Å². The summed E-state index contributed by atoms with van der Waals surface area (Å²) in [5.41, 5.74) is 23.6. The number of hydrogen-bond acceptors (Lipinski definition) is 3. The van der Waals surface area contributed by atoms with Crippen LogP contribution in [0.2, 0.25) is 0 Å². The molecule has 3 aliphatic rings. The largest absolute Gasteiger partial charge is 0.376 e. The molecule has 0 N–H and O–H groups in total. The second kappa shape index (κ2) is 14.5. The fraction of sp³-hybridized carbons (Fsp3) is 0.164. The molecule has 15 rings (SSSR count). The molecule has 0 bridgehead atoms. The molecule has 2 aliphatic heterocycles. The van der Waals surface area contributed by atoms with Crippen LogP contribution in [0.5, 0.6) is 0 Å². The van der Waals surface area contributed by atoms with E-state index in [1.807, 2.05) is 22.7 Å². The van der Waals surface area contributed by atoms with Crippen molar-refractivity contribution in [1.29, 1.82) is 0 Å². The number of rotatable bonds is 3. The van der Waals surface area contributed by atoms with Gasteiger partial charge in [0.1, 0.15) is 0 Å². The highest BCUT2D eigenvalue weighted by Crippen LogP contribution is 2.54. The van der Waals surface area contributed by atoms with Gasteiger partial charge in [0.2, 0.25) is 0 Å². The average Bonchev–Trinajstić information content (AvgIpc) is 4.10. The quantitative estimate of drug-likeness (QED) is 0.160. The molecule has 5 heterocycles. The van der Waals surface area contributed by atoms with Crippen LogP contribution in [0.1, 0.15) is 77.6 Å². The van der Waals surface area contributed by atoms with E-state index in [1.165, 1.54) is 146 Å². The van der Waals surface area contributed by atoms with Gasteiger partial charge >= 0.3 is 6.85 Å². The molecule has 0 saturated carbocycles. The van der Waals surface area contributed by atoms with Crippen molar-refractivity contribution >= 4 is 104 Å². The summed E-state index contributed by atoms with van der Waals surface area (Å²) < 4.78 is 6.66. The summed E-state index contributed by atoms with van der Waals surface area (Å²) in [6.07, 6.45) is 0. The van der Waals surface area contributed by atoms with Crippen LogP contribution in [0.4, 0.5) is 11.4 Å². The van der Waals surface area contributed by atoms with Crippen LogP contribution in [0.3, 0.4) is 0 Å². The fourth-order valence-corrected chi connectivity index (χ4v) is 15.4. The first-order valence-corrected chi connectivity index (χ1v) is 27.2. The number of anilines is 2. The maximum Gasteiger partial charge on any atom is 0.333 e. The van der Waals surface area contributed by atoms with E-state index in [2.05, 4.69) is 241 Å². The van der Waals surface area contributed by atoms with E-state index in [9.17, 15) is 0 Å². The first-order valence-electron chi connectivity index (χ1n) is 25.6. The molecule has 9 aromatic carbocycles. The highest BCUT2D eigenvalue weighted by molar-refractivity contribution is 7.26. The summed E-state index contributed by atoms with van der Waals surface area (Å²) in [5.74, 6) is 0. The minimum absolute atomic E-state index is 0.0255. The zero-order valence-electron chi connectivity index (χ0n) is 42.0. The van der Waals surface area contributed by atoms with Gasteiger partial charge in [-0.25, -0.2) is 0 Å². The van der Waals surface area contributed by atoms with Gasteiger partial charge in [-0.3, -0.25) is 0 Å². The van der Waals surface area contributed by atoms with Gasteiger partial charge in [0, 0.05) is 79.5 Å². The van der Waals surface area contributed by atoms with E-state index in [0.717, 1.165) is 0 Å². The van der Waals surface area contributed by atoms with Gasteiger partial charge in [0.15, 0.2) is 0 Å². The molecule has 0 amide bonds. The number of aromatic nitrogens is 1. The van der Waals surface area contributed by atoms with Crippen molar-refractivity contribution in [3.05, 3.63) is 198 Å². The highest BCUT2D eigenvalue weighted by Gasteiger charge is 2.45. The van der Waals surface area contributed by atoms with Crippen LogP contribution in [-0.4, -0.2) is 11.4 Å². The van der Waals surface area contributed by atoms with E-state index in [0.29, 0.717) is 0 Å². The lowest BCUT2D eigenvalue weighted by atomic mass is 9.44.